The Balaban J connectivity index is 0.887. The van der Waals surface area contributed by atoms with Gasteiger partial charge in [-0.15, -0.1) is 0 Å². The number of aromatic amines is 4. The lowest BCUT2D eigenvalue weighted by Crippen LogP contribution is -2.57. The number of nitrogens with zero attached hydrogens (tertiary/aromatic N) is 3. The van der Waals surface area contributed by atoms with Gasteiger partial charge >= 0.3 is 0 Å². The van der Waals surface area contributed by atoms with E-state index in [9.17, 15) is 19.2 Å². The predicted molar refractivity (Wildman–Crippen MR) is 374 cm³/mol. The number of guanidine groups is 3. The molecule has 4 amide bonds. The van der Waals surface area contributed by atoms with E-state index in [1.54, 1.807) is 0 Å². The van der Waals surface area contributed by atoms with E-state index in [1.165, 1.54) is 0 Å². The van der Waals surface area contributed by atoms with Gasteiger partial charge in [0.1, 0.15) is 6.29 Å². The van der Waals surface area contributed by atoms with Crippen LogP contribution in [0.25, 0.3) is 22.3 Å². The topological polar surface area (TPSA) is 325 Å². The van der Waals surface area contributed by atoms with Crippen LogP contribution in [0.4, 0.5) is 0 Å². The van der Waals surface area contributed by atoms with E-state index in [4.69, 9.17) is 0 Å². The first-order chi connectivity index (χ1) is 47.2. The monoisotopic (exact) mass is 1290 g/mol. The highest BCUT2D eigenvalue weighted by molar-refractivity contribution is 5.97. The van der Waals surface area contributed by atoms with Gasteiger partial charge in [-0.25, -0.2) is 0 Å². The van der Waals surface area contributed by atoms with Gasteiger partial charge in [-0.3, -0.25) is 50.1 Å². The molecule has 494 valence electrons. The van der Waals surface area contributed by atoms with Crippen molar-refractivity contribution >= 4 is 63.8 Å². The molecule has 96 heavy (non-hydrogen) atoms. The Morgan fingerprint density at radius 3 is 0.896 bits per heavy atom. The highest BCUT2D eigenvalue weighted by atomic mass is 16.2. The molecule has 9 heterocycles. The maximum Gasteiger partial charge on any atom is 0.251 e. The van der Waals surface area contributed by atoms with Gasteiger partial charge < -0.3 is 73.1 Å². The number of aromatic nitrogens is 4. The number of rotatable bonds is 21. The summed E-state index contributed by atoms with van der Waals surface area (Å²) >= 11 is 0. The molecule has 0 spiro atoms. The Morgan fingerprint density at radius 1 is 0.323 bits per heavy atom. The van der Waals surface area contributed by atoms with Gasteiger partial charge in [0.25, 0.3) is 23.6 Å². The van der Waals surface area contributed by atoms with Crippen LogP contribution in [0.1, 0.15) is 112 Å². The number of hydrogen-bond acceptors (Lipinski definition) is 16. The van der Waals surface area contributed by atoms with Crippen molar-refractivity contribution in [2.45, 2.75) is 32.0 Å². The van der Waals surface area contributed by atoms with Crippen molar-refractivity contribution in [3.8, 4) is 0 Å². The van der Waals surface area contributed by atoms with E-state index in [2.05, 4.69) is 153 Å². The lowest BCUT2D eigenvalue weighted by atomic mass is 10.0. The number of aliphatic imine (C=N–C) groups is 3. The Bertz CT molecular complexity index is 4440. The molecule has 8 aromatic rings. The molecule has 8 bridgehead atoms. The number of carbonyl (C=O) groups is 4. The Hall–Kier alpha value is -11.0. The molecule has 0 aliphatic carbocycles. The first-order valence-corrected chi connectivity index (χ1v) is 33.3. The maximum atomic E-state index is 13.7. The standard InChI is InChI=1S/C72H82N20O4/c93-65(73-37-41-85-69-77-29-1-30-78-69)49-13-5-45(6-14-49)61-53-21-23-55(89-53)62(46-7-15-50(16-8-46)66(94)74-38-42-86-70-79-31-2-32-80-70)57-25-27-59(91-57)64(48-11-19-52(20-12-48)68(96)76-40-44-88-72-83-35-4-36-84-72)60-28-26-58(92-60)63(56-24-22-54(61)90-56)47-9-17-51(18-10-47)67(95)75-39-43-87-71-81-33-3-34-82-71/h5-28,69,77-78,85,89-92H,1-4,29-44H2,(H,73,93)(H,74,94)(H,75,95)(H,76,96)(H2,79,80,86)(H2,81,82,87)(H2,83,84,88). The van der Waals surface area contributed by atoms with Crippen molar-refractivity contribution in [3.63, 3.8) is 0 Å². The first kappa shape index (κ1) is 63.8. The van der Waals surface area contributed by atoms with Gasteiger partial charge in [-0.2, -0.15) is 0 Å². The van der Waals surface area contributed by atoms with Crippen molar-refractivity contribution in [2.24, 2.45) is 15.0 Å². The van der Waals surface area contributed by atoms with Crippen LogP contribution in [0.3, 0.4) is 0 Å². The third-order valence-corrected chi connectivity index (χ3v) is 17.3. The van der Waals surface area contributed by atoms with E-state index in [0.717, 1.165) is 185 Å². The lowest BCUT2D eigenvalue weighted by Gasteiger charge is -2.26. The van der Waals surface area contributed by atoms with Gasteiger partial charge in [-0.1, -0.05) is 48.5 Å². The molecule has 13 rings (SSSR count). The van der Waals surface area contributed by atoms with Crippen LogP contribution < -0.4 is 90.5 Å². The summed E-state index contributed by atoms with van der Waals surface area (Å²) in [5.41, 5.74) is 12.0. The maximum absolute atomic E-state index is 13.7. The fraction of sp³-hybridized carbons (Fsp3) is 0.292. The zero-order valence-electron chi connectivity index (χ0n) is 53.6. The minimum Gasteiger partial charge on any atom is -0.356 e. The zero-order valence-corrected chi connectivity index (χ0v) is 53.6. The van der Waals surface area contributed by atoms with Crippen LogP contribution in [-0.4, -0.2) is 172 Å². The number of benzene rings is 4. The summed E-state index contributed by atoms with van der Waals surface area (Å²) in [6.07, 6.45) is 4.04. The fourth-order valence-electron chi connectivity index (χ4n) is 12.3. The van der Waals surface area contributed by atoms with Crippen LogP contribution in [0.2, 0.25) is 0 Å². The molecule has 4 aromatic carbocycles. The quantitative estimate of drug-likeness (QED) is 0.0437. The van der Waals surface area contributed by atoms with E-state index in [0.29, 0.717) is 74.6 Å². The molecule has 24 heteroatoms. The predicted octanol–water partition coefficient (Wildman–Crippen LogP) is 0.494. The summed E-state index contributed by atoms with van der Waals surface area (Å²) in [5.74, 6) is 1.48. The molecule has 5 aliphatic heterocycles. The van der Waals surface area contributed by atoms with Gasteiger partial charge in [0.05, 0.1) is 0 Å². The number of fused-ring (bicyclic) bond motifs is 8. The third-order valence-electron chi connectivity index (χ3n) is 17.3. The summed E-state index contributed by atoms with van der Waals surface area (Å²) in [4.78, 5) is 83.5. The van der Waals surface area contributed by atoms with E-state index >= 15 is 0 Å². The van der Waals surface area contributed by atoms with Crippen molar-refractivity contribution in [2.75, 3.05) is 105 Å². The third kappa shape index (κ3) is 15.6. The highest BCUT2D eigenvalue weighted by Gasteiger charge is 2.22. The molecular weight excluding hydrogens is 1210 g/mol. The van der Waals surface area contributed by atoms with Crippen LogP contribution in [0.5, 0.6) is 0 Å². The molecule has 0 radical (unpaired) electrons. The van der Waals surface area contributed by atoms with Gasteiger partial charge in [0.2, 0.25) is 0 Å². The summed E-state index contributed by atoms with van der Waals surface area (Å²) in [6, 6.07) is 47.1. The van der Waals surface area contributed by atoms with E-state index in [-0.39, 0.29) is 29.9 Å². The van der Waals surface area contributed by atoms with Gasteiger partial charge in [-0.05, 0) is 158 Å². The highest BCUT2D eigenvalue weighted by Crippen LogP contribution is 2.29. The summed E-state index contributed by atoms with van der Waals surface area (Å²) in [6.45, 7) is 10.6. The number of hydrogen-bond donors (Lipinski definition) is 17. The van der Waals surface area contributed by atoms with E-state index < -0.39 is 0 Å². The minimum absolute atomic E-state index is 0.00281. The molecule has 5 aliphatic rings. The molecule has 17 N–H and O–H groups in total. The summed E-state index contributed by atoms with van der Waals surface area (Å²) in [5, 5.41) is 45.2. The molecule has 1 saturated heterocycles. The molecular formula is C72H82N20O4. The second kappa shape index (κ2) is 30.9. The van der Waals surface area contributed by atoms with Crippen LogP contribution >= 0.6 is 0 Å². The molecule has 4 aromatic heterocycles. The van der Waals surface area contributed by atoms with Crippen molar-refractivity contribution in [1.82, 2.24) is 89.1 Å². The van der Waals surface area contributed by atoms with Crippen LogP contribution in [-0.2, 0) is 0 Å². The normalized spacial score (nSPS) is 15.6. The van der Waals surface area contributed by atoms with Crippen LogP contribution in [0.15, 0.2) is 161 Å². The van der Waals surface area contributed by atoms with Crippen molar-refractivity contribution in [1.29, 1.82) is 0 Å². The van der Waals surface area contributed by atoms with Crippen molar-refractivity contribution < 1.29 is 19.2 Å². The molecule has 1 fully saturated rings. The average molecular weight is 1290 g/mol. The van der Waals surface area contributed by atoms with E-state index in [1.807, 2.05) is 97.1 Å². The zero-order chi connectivity index (χ0) is 65.4. The molecule has 0 saturated carbocycles. The summed E-state index contributed by atoms with van der Waals surface area (Å²) in [7, 11) is 0. The van der Waals surface area contributed by atoms with Crippen molar-refractivity contribution in [3.05, 3.63) is 234 Å². The Kier molecular flexibility index (Phi) is 20.5. The van der Waals surface area contributed by atoms with Crippen LogP contribution in [0, 0.1) is 0 Å². The molecule has 0 atom stereocenters. The second-order valence-electron chi connectivity index (χ2n) is 23.9. The fourth-order valence-corrected chi connectivity index (χ4v) is 12.3. The number of carbonyl (C=O) groups excluding carboxylic acids is 4. The van der Waals surface area contributed by atoms with Gasteiger partial charge in [0.15, 0.2) is 17.9 Å². The van der Waals surface area contributed by atoms with Gasteiger partial charge in [0, 0.05) is 180 Å². The summed E-state index contributed by atoms with van der Waals surface area (Å²) < 4.78 is 0. The molecule has 24 nitrogen and oxygen atoms in total. The number of amides is 4. The lowest BCUT2D eigenvalue weighted by molar-refractivity contribution is 0.0945. The Morgan fingerprint density at radius 2 is 0.615 bits per heavy atom. The Labute approximate surface area is 555 Å². The first-order valence-electron chi connectivity index (χ1n) is 33.3. The minimum atomic E-state index is -0.195. The number of H-pyrrole nitrogens is 4. The second-order valence-corrected chi connectivity index (χ2v) is 23.9. The smallest absolute Gasteiger partial charge is 0.251 e. The molecule has 0 unspecified atom stereocenters. The number of nitrogens with one attached hydrogen (secondary N) is 17. The largest absolute Gasteiger partial charge is 0.356 e. The SMILES string of the molecule is O=C(NCCNC1=NCCCN1)c1ccc(C2=c3ccc([nH]3)=C(c3ccc(C(=O)NCCNC4=NCCCN4)cc3)c3ccc([nH]3)C(c3ccc(C(=O)NCCNC4NCCCN4)cc3)=c3ccc([nH]3)=C(c3ccc(C(=O)NCCNC4=NCCCN4)cc3)c3ccc2[nH]3)cc1. The average Bonchev–Trinajstić information content (AvgIpc) is 1.63.